The molecular formula is C15H24N2O4. The third-order valence-corrected chi connectivity index (χ3v) is 3.62. The van der Waals surface area contributed by atoms with E-state index in [1.165, 1.54) is 0 Å². The van der Waals surface area contributed by atoms with Crippen LogP contribution in [0.5, 0.6) is 0 Å². The molecule has 1 heterocycles. The van der Waals surface area contributed by atoms with Crippen molar-refractivity contribution < 1.29 is 19.2 Å². The number of hydrogen-bond donors (Lipinski definition) is 2. The van der Waals surface area contributed by atoms with E-state index in [4.69, 9.17) is 9.63 Å². The Morgan fingerprint density at radius 1 is 1.29 bits per heavy atom. The zero-order valence-electron chi connectivity index (χ0n) is 13.1. The highest BCUT2D eigenvalue weighted by atomic mass is 16.5. The fourth-order valence-electron chi connectivity index (χ4n) is 2.17. The van der Waals surface area contributed by atoms with Crippen LogP contribution in [0.25, 0.3) is 0 Å². The smallest absolute Gasteiger partial charge is 0.306 e. The summed E-state index contributed by atoms with van der Waals surface area (Å²) in [6.45, 7) is 7.23. The lowest BCUT2D eigenvalue weighted by atomic mass is 10.0. The second kappa shape index (κ2) is 7.81. The van der Waals surface area contributed by atoms with Crippen molar-refractivity contribution in [2.75, 3.05) is 0 Å². The van der Waals surface area contributed by atoms with Gasteiger partial charge in [0.25, 0.3) is 0 Å². The lowest BCUT2D eigenvalue weighted by Gasteiger charge is -2.14. The van der Waals surface area contributed by atoms with Crippen LogP contribution in [-0.2, 0) is 16.0 Å². The summed E-state index contributed by atoms with van der Waals surface area (Å²) in [4.78, 5) is 22.7. The summed E-state index contributed by atoms with van der Waals surface area (Å²) >= 11 is 0. The molecule has 2 unspecified atom stereocenters. The van der Waals surface area contributed by atoms with Crippen LogP contribution >= 0.6 is 0 Å². The standard InChI is InChI=1S/C15H24N2O4/c1-9(15(19)20)6-5-7-10(2)16-14(18)8-13-11(3)17-21-12(13)4/h9-10H,5-8H2,1-4H3,(H,16,18)(H,19,20). The van der Waals surface area contributed by atoms with E-state index in [1.807, 2.05) is 13.8 Å². The average molecular weight is 296 g/mol. The molecule has 0 aliphatic heterocycles. The number of carboxylic acid groups (broad SMARTS) is 1. The number of rotatable bonds is 8. The molecule has 0 fully saturated rings. The Balaban J connectivity index is 2.33. The van der Waals surface area contributed by atoms with Gasteiger partial charge < -0.3 is 14.9 Å². The Bertz CT molecular complexity index is 476. The molecule has 1 aromatic rings. The van der Waals surface area contributed by atoms with Crippen molar-refractivity contribution in [3.8, 4) is 0 Å². The Morgan fingerprint density at radius 3 is 2.48 bits per heavy atom. The van der Waals surface area contributed by atoms with E-state index in [0.717, 1.165) is 24.1 Å². The predicted octanol–water partition coefficient (Wildman–Crippen LogP) is 2.23. The molecule has 0 aromatic carbocycles. The summed E-state index contributed by atoms with van der Waals surface area (Å²) < 4.78 is 5.03. The minimum Gasteiger partial charge on any atom is -0.481 e. The fraction of sp³-hybridized carbons (Fsp3) is 0.667. The Kier molecular flexibility index (Phi) is 6.39. The Morgan fingerprint density at radius 2 is 1.95 bits per heavy atom. The predicted molar refractivity (Wildman–Crippen MR) is 77.9 cm³/mol. The van der Waals surface area contributed by atoms with E-state index in [1.54, 1.807) is 13.8 Å². The van der Waals surface area contributed by atoms with Crippen LogP contribution in [0.1, 0.15) is 50.1 Å². The van der Waals surface area contributed by atoms with Crippen molar-refractivity contribution in [3.05, 3.63) is 17.0 Å². The van der Waals surface area contributed by atoms with Crippen LogP contribution in [0.3, 0.4) is 0 Å². The first-order valence-corrected chi connectivity index (χ1v) is 7.25. The van der Waals surface area contributed by atoms with Gasteiger partial charge in [0.1, 0.15) is 5.76 Å². The van der Waals surface area contributed by atoms with Gasteiger partial charge in [-0.2, -0.15) is 0 Å². The number of carboxylic acids is 1. The fourth-order valence-corrected chi connectivity index (χ4v) is 2.17. The van der Waals surface area contributed by atoms with Crippen LogP contribution in [0.4, 0.5) is 0 Å². The third kappa shape index (κ3) is 5.57. The molecule has 1 aromatic heterocycles. The van der Waals surface area contributed by atoms with Gasteiger partial charge >= 0.3 is 5.97 Å². The van der Waals surface area contributed by atoms with Crippen molar-refractivity contribution >= 4 is 11.9 Å². The molecule has 6 heteroatoms. The zero-order chi connectivity index (χ0) is 16.0. The molecule has 0 radical (unpaired) electrons. The van der Waals surface area contributed by atoms with Crippen LogP contribution in [0.15, 0.2) is 4.52 Å². The van der Waals surface area contributed by atoms with Crippen molar-refractivity contribution in [1.82, 2.24) is 10.5 Å². The van der Waals surface area contributed by atoms with E-state index in [-0.39, 0.29) is 24.3 Å². The molecule has 0 aliphatic rings. The molecule has 21 heavy (non-hydrogen) atoms. The number of carbonyl (C=O) groups excluding carboxylic acids is 1. The highest BCUT2D eigenvalue weighted by molar-refractivity contribution is 5.79. The minimum absolute atomic E-state index is 0.0268. The van der Waals surface area contributed by atoms with E-state index in [2.05, 4.69) is 10.5 Å². The number of nitrogens with zero attached hydrogens (tertiary/aromatic N) is 1. The van der Waals surface area contributed by atoms with Gasteiger partial charge in [-0.3, -0.25) is 9.59 Å². The molecule has 2 atom stereocenters. The summed E-state index contributed by atoms with van der Waals surface area (Å²) in [6.07, 6.45) is 2.43. The number of carbonyl (C=O) groups is 2. The third-order valence-electron chi connectivity index (χ3n) is 3.62. The van der Waals surface area contributed by atoms with E-state index >= 15 is 0 Å². The normalized spacial score (nSPS) is 13.7. The lowest BCUT2D eigenvalue weighted by Crippen LogP contribution is -2.34. The number of aliphatic carboxylic acids is 1. The van der Waals surface area contributed by atoms with Gasteiger partial charge in [-0.25, -0.2) is 0 Å². The van der Waals surface area contributed by atoms with Crippen molar-refractivity contribution in [1.29, 1.82) is 0 Å². The Hall–Kier alpha value is -1.85. The molecule has 0 saturated carbocycles. The van der Waals surface area contributed by atoms with Crippen molar-refractivity contribution in [3.63, 3.8) is 0 Å². The number of aryl methyl sites for hydroxylation is 2. The first kappa shape index (κ1) is 17.2. The minimum atomic E-state index is -0.773. The number of aromatic nitrogens is 1. The maximum atomic E-state index is 12.0. The van der Waals surface area contributed by atoms with Crippen molar-refractivity contribution in [2.24, 2.45) is 5.92 Å². The summed E-state index contributed by atoms with van der Waals surface area (Å²) in [6, 6.07) is 0.0268. The zero-order valence-corrected chi connectivity index (χ0v) is 13.1. The average Bonchev–Trinajstić information content (AvgIpc) is 2.70. The Labute approximate surface area is 124 Å². The molecule has 0 bridgehead atoms. The summed E-state index contributed by atoms with van der Waals surface area (Å²) in [5, 5.41) is 15.5. The summed E-state index contributed by atoms with van der Waals surface area (Å²) in [7, 11) is 0. The van der Waals surface area contributed by atoms with Gasteiger partial charge in [-0.05, 0) is 33.6 Å². The van der Waals surface area contributed by atoms with Gasteiger partial charge in [-0.1, -0.05) is 18.5 Å². The summed E-state index contributed by atoms with van der Waals surface area (Å²) in [5.74, 6) is -0.505. The van der Waals surface area contributed by atoms with E-state index < -0.39 is 5.97 Å². The van der Waals surface area contributed by atoms with Crippen LogP contribution in [0.2, 0.25) is 0 Å². The van der Waals surface area contributed by atoms with E-state index in [9.17, 15) is 9.59 Å². The largest absolute Gasteiger partial charge is 0.481 e. The number of hydrogen-bond acceptors (Lipinski definition) is 4. The maximum absolute atomic E-state index is 12.0. The molecule has 118 valence electrons. The van der Waals surface area contributed by atoms with Crippen LogP contribution in [-0.4, -0.2) is 28.2 Å². The van der Waals surface area contributed by atoms with Crippen LogP contribution < -0.4 is 5.32 Å². The molecule has 2 N–H and O–H groups in total. The van der Waals surface area contributed by atoms with Gasteiger partial charge in [0.2, 0.25) is 5.91 Å². The van der Waals surface area contributed by atoms with Gasteiger partial charge in [0.15, 0.2) is 0 Å². The second-order valence-electron chi connectivity index (χ2n) is 5.62. The molecule has 0 spiro atoms. The quantitative estimate of drug-likeness (QED) is 0.767. The number of nitrogens with one attached hydrogen (secondary N) is 1. The number of amides is 1. The SMILES string of the molecule is Cc1noc(C)c1CC(=O)NC(C)CCCC(C)C(=O)O. The molecule has 1 rings (SSSR count). The maximum Gasteiger partial charge on any atom is 0.306 e. The molecule has 1 amide bonds. The monoisotopic (exact) mass is 296 g/mol. The highest BCUT2D eigenvalue weighted by Crippen LogP contribution is 2.13. The second-order valence-corrected chi connectivity index (χ2v) is 5.62. The summed E-state index contributed by atoms with van der Waals surface area (Å²) in [5.41, 5.74) is 1.57. The lowest BCUT2D eigenvalue weighted by molar-refractivity contribution is -0.141. The highest BCUT2D eigenvalue weighted by Gasteiger charge is 2.16. The molecular weight excluding hydrogens is 272 g/mol. The van der Waals surface area contributed by atoms with Gasteiger partial charge in [0.05, 0.1) is 18.0 Å². The molecule has 0 saturated heterocycles. The topological polar surface area (TPSA) is 92.4 Å². The first-order valence-electron chi connectivity index (χ1n) is 7.25. The van der Waals surface area contributed by atoms with Gasteiger partial charge in [0, 0.05) is 11.6 Å². The van der Waals surface area contributed by atoms with Crippen molar-refractivity contribution in [2.45, 2.75) is 59.4 Å². The molecule has 6 nitrogen and oxygen atoms in total. The molecule has 0 aliphatic carbocycles. The van der Waals surface area contributed by atoms with Crippen LogP contribution in [0, 0.1) is 19.8 Å². The van der Waals surface area contributed by atoms with Gasteiger partial charge in [-0.15, -0.1) is 0 Å². The van der Waals surface area contributed by atoms with E-state index in [0.29, 0.717) is 12.2 Å². The first-order chi connectivity index (χ1) is 9.81.